The van der Waals surface area contributed by atoms with Gasteiger partial charge in [-0.05, 0) is 29.8 Å². The van der Waals surface area contributed by atoms with Gasteiger partial charge in [-0.1, -0.05) is 29.8 Å². The first-order chi connectivity index (χ1) is 12.9. The van der Waals surface area contributed by atoms with Crippen molar-refractivity contribution in [1.82, 2.24) is 14.9 Å². The summed E-state index contributed by atoms with van der Waals surface area (Å²) >= 11 is 5.95. The lowest BCUT2D eigenvalue weighted by Gasteiger charge is -2.31. The number of benzene rings is 2. The maximum atomic E-state index is 12.8. The van der Waals surface area contributed by atoms with E-state index in [0.29, 0.717) is 33.0 Å². The SMILES string of the molecule is O=C(O)[C@@H](Cc1nc2ccc(Cl)cc2[nH]1)N1C(=O)Cc2ccccc2C1=O. The summed E-state index contributed by atoms with van der Waals surface area (Å²) in [7, 11) is 0. The van der Waals surface area contributed by atoms with Crippen LogP contribution in [0.1, 0.15) is 21.7 Å². The summed E-state index contributed by atoms with van der Waals surface area (Å²) < 4.78 is 0. The largest absolute Gasteiger partial charge is 0.480 e. The van der Waals surface area contributed by atoms with Crippen LogP contribution in [0.3, 0.4) is 0 Å². The minimum atomic E-state index is -1.35. The number of nitrogens with zero attached hydrogens (tertiary/aromatic N) is 2. The predicted octanol–water partition coefficient (Wildman–Crippen LogP) is 2.44. The van der Waals surface area contributed by atoms with Crippen molar-refractivity contribution in [3.8, 4) is 0 Å². The topological polar surface area (TPSA) is 103 Å². The third-order valence-corrected chi connectivity index (χ3v) is 4.79. The van der Waals surface area contributed by atoms with E-state index in [9.17, 15) is 19.5 Å². The summed E-state index contributed by atoms with van der Waals surface area (Å²) in [6, 6.07) is 10.4. The van der Waals surface area contributed by atoms with Crippen LogP contribution >= 0.6 is 11.6 Å². The Labute approximate surface area is 158 Å². The fourth-order valence-electron chi connectivity index (χ4n) is 3.29. The van der Waals surface area contributed by atoms with Crippen molar-refractivity contribution < 1.29 is 19.5 Å². The number of aliphatic carboxylic acids is 1. The standard InChI is InChI=1S/C19H14ClN3O4/c20-11-5-6-13-14(8-11)22-16(21-13)9-15(19(26)27)23-17(24)7-10-3-1-2-4-12(10)18(23)25/h1-6,8,15H,7,9H2,(H,21,22)(H,26,27)/t15-/m1/s1. The first kappa shape index (κ1) is 17.2. The van der Waals surface area contributed by atoms with Gasteiger partial charge in [-0.2, -0.15) is 0 Å². The molecule has 2 heterocycles. The highest BCUT2D eigenvalue weighted by Crippen LogP contribution is 2.24. The fourth-order valence-corrected chi connectivity index (χ4v) is 3.47. The minimum absolute atomic E-state index is 0.0125. The fraction of sp³-hybridized carbons (Fsp3) is 0.158. The van der Waals surface area contributed by atoms with Gasteiger partial charge in [0.15, 0.2) is 0 Å². The van der Waals surface area contributed by atoms with E-state index in [2.05, 4.69) is 9.97 Å². The molecule has 0 fully saturated rings. The number of hydrogen-bond donors (Lipinski definition) is 2. The van der Waals surface area contributed by atoms with Crippen LogP contribution in [0.25, 0.3) is 11.0 Å². The van der Waals surface area contributed by atoms with Crippen molar-refractivity contribution in [1.29, 1.82) is 0 Å². The van der Waals surface area contributed by atoms with E-state index in [1.807, 2.05) is 0 Å². The number of H-pyrrole nitrogens is 1. The first-order valence-electron chi connectivity index (χ1n) is 8.25. The molecule has 0 radical (unpaired) electrons. The molecule has 1 atom stereocenters. The Morgan fingerprint density at radius 1 is 1.26 bits per heavy atom. The highest BCUT2D eigenvalue weighted by Gasteiger charge is 2.39. The molecular weight excluding hydrogens is 370 g/mol. The number of halogens is 1. The average Bonchev–Trinajstić information content (AvgIpc) is 3.02. The van der Waals surface area contributed by atoms with Crippen LogP contribution in [-0.2, 0) is 22.4 Å². The van der Waals surface area contributed by atoms with Crippen LogP contribution in [0.15, 0.2) is 42.5 Å². The molecule has 0 bridgehead atoms. The third kappa shape index (κ3) is 3.06. The lowest BCUT2D eigenvalue weighted by atomic mass is 9.96. The molecule has 4 rings (SSSR count). The second-order valence-corrected chi connectivity index (χ2v) is 6.74. The Kier molecular flexibility index (Phi) is 4.16. The van der Waals surface area contributed by atoms with E-state index in [1.165, 1.54) is 0 Å². The molecular formula is C19H14ClN3O4. The molecule has 7 nitrogen and oxygen atoms in total. The molecule has 1 aliphatic heterocycles. The Morgan fingerprint density at radius 3 is 2.81 bits per heavy atom. The lowest BCUT2D eigenvalue weighted by molar-refractivity contribution is -0.148. The number of carbonyl (C=O) groups is 3. The number of carboxylic acid groups (broad SMARTS) is 1. The number of aromatic amines is 1. The normalized spacial score (nSPS) is 15.1. The average molecular weight is 384 g/mol. The Hall–Kier alpha value is -3.19. The molecule has 3 aromatic rings. The van der Waals surface area contributed by atoms with Gasteiger partial charge in [0.25, 0.3) is 5.91 Å². The number of amides is 2. The second kappa shape index (κ2) is 6.51. The van der Waals surface area contributed by atoms with Gasteiger partial charge < -0.3 is 10.1 Å². The number of hydrogen-bond acceptors (Lipinski definition) is 4. The number of nitrogens with one attached hydrogen (secondary N) is 1. The highest BCUT2D eigenvalue weighted by atomic mass is 35.5. The van der Waals surface area contributed by atoms with E-state index in [0.717, 1.165) is 4.90 Å². The van der Waals surface area contributed by atoms with E-state index >= 15 is 0 Å². The maximum Gasteiger partial charge on any atom is 0.327 e. The maximum absolute atomic E-state index is 12.8. The van der Waals surface area contributed by atoms with Crippen molar-refractivity contribution in [3.05, 3.63) is 64.4 Å². The summed E-state index contributed by atoms with van der Waals surface area (Å²) in [6.45, 7) is 0. The number of carbonyl (C=O) groups excluding carboxylic acids is 2. The number of imidazole rings is 1. The van der Waals surface area contributed by atoms with Gasteiger partial charge in [0.2, 0.25) is 5.91 Å². The number of carboxylic acids is 1. The van der Waals surface area contributed by atoms with Crippen LogP contribution < -0.4 is 0 Å². The lowest BCUT2D eigenvalue weighted by Crippen LogP contribution is -2.52. The van der Waals surface area contributed by atoms with Crippen LogP contribution in [0.4, 0.5) is 0 Å². The minimum Gasteiger partial charge on any atom is -0.480 e. The third-order valence-electron chi connectivity index (χ3n) is 4.55. The smallest absolute Gasteiger partial charge is 0.327 e. The van der Waals surface area contributed by atoms with Crippen LogP contribution in [0, 0.1) is 0 Å². The Morgan fingerprint density at radius 2 is 2.04 bits per heavy atom. The van der Waals surface area contributed by atoms with Crippen LogP contribution in [0.5, 0.6) is 0 Å². The zero-order chi connectivity index (χ0) is 19.1. The molecule has 1 aliphatic rings. The van der Waals surface area contributed by atoms with Gasteiger partial charge in [0.05, 0.1) is 17.5 Å². The van der Waals surface area contributed by atoms with Gasteiger partial charge in [-0.15, -0.1) is 0 Å². The summed E-state index contributed by atoms with van der Waals surface area (Å²) in [6.07, 6.45) is -0.136. The molecule has 8 heteroatoms. The van der Waals surface area contributed by atoms with Crippen molar-refractivity contribution in [2.45, 2.75) is 18.9 Å². The zero-order valence-corrected chi connectivity index (χ0v) is 14.7. The number of aromatic nitrogens is 2. The van der Waals surface area contributed by atoms with Crippen molar-refractivity contribution in [2.24, 2.45) is 0 Å². The molecule has 2 amide bonds. The summed E-state index contributed by atoms with van der Waals surface area (Å²) in [5, 5.41) is 10.2. The van der Waals surface area contributed by atoms with E-state index in [-0.39, 0.29) is 12.8 Å². The highest BCUT2D eigenvalue weighted by molar-refractivity contribution is 6.31. The Bertz CT molecular complexity index is 1090. The van der Waals surface area contributed by atoms with Gasteiger partial charge in [0, 0.05) is 17.0 Å². The van der Waals surface area contributed by atoms with Crippen LogP contribution in [0.2, 0.25) is 5.02 Å². The molecule has 1 aromatic heterocycles. The molecule has 0 unspecified atom stereocenters. The van der Waals surface area contributed by atoms with Gasteiger partial charge in [-0.3, -0.25) is 14.5 Å². The molecule has 2 aromatic carbocycles. The molecule has 0 saturated heterocycles. The van der Waals surface area contributed by atoms with Crippen molar-refractivity contribution >= 4 is 40.4 Å². The summed E-state index contributed by atoms with van der Waals surface area (Å²) in [5.74, 6) is -2.05. The quantitative estimate of drug-likeness (QED) is 0.673. The molecule has 27 heavy (non-hydrogen) atoms. The van der Waals surface area contributed by atoms with E-state index < -0.39 is 23.8 Å². The van der Waals surface area contributed by atoms with Gasteiger partial charge in [-0.25, -0.2) is 9.78 Å². The van der Waals surface area contributed by atoms with Crippen LogP contribution in [-0.4, -0.2) is 43.8 Å². The van der Waals surface area contributed by atoms with Gasteiger partial charge in [0.1, 0.15) is 11.9 Å². The molecule has 0 aliphatic carbocycles. The number of fused-ring (bicyclic) bond motifs is 2. The Balaban J connectivity index is 1.69. The first-order valence-corrected chi connectivity index (χ1v) is 8.63. The molecule has 2 N–H and O–H groups in total. The van der Waals surface area contributed by atoms with E-state index in [4.69, 9.17) is 11.6 Å². The van der Waals surface area contributed by atoms with Gasteiger partial charge >= 0.3 is 5.97 Å². The predicted molar refractivity (Wildman–Crippen MR) is 97.6 cm³/mol. The monoisotopic (exact) mass is 383 g/mol. The van der Waals surface area contributed by atoms with E-state index in [1.54, 1.807) is 42.5 Å². The molecule has 0 saturated carbocycles. The number of rotatable bonds is 4. The van der Waals surface area contributed by atoms with Crippen molar-refractivity contribution in [3.63, 3.8) is 0 Å². The number of imide groups is 1. The summed E-state index contributed by atoms with van der Waals surface area (Å²) in [4.78, 5) is 45.3. The zero-order valence-electron chi connectivity index (χ0n) is 14.0. The second-order valence-electron chi connectivity index (χ2n) is 6.31. The van der Waals surface area contributed by atoms with Crippen molar-refractivity contribution in [2.75, 3.05) is 0 Å². The molecule has 136 valence electrons. The molecule has 0 spiro atoms. The summed E-state index contributed by atoms with van der Waals surface area (Å²) in [5.41, 5.74) is 2.23.